The van der Waals surface area contributed by atoms with Gasteiger partial charge < -0.3 is 5.32 Å². The van der Waals surface area contributed by atoms with E-state index >= 15 is 0 Å². The summed E-state index contributed by atoms with van der Waals surface area (Å²) in [7, 11) is 0. The summed E-state index contributed by atoms with van der Waals surface area (Å²) < 4.78 is 0. The van der Waals surface area contributed by atoms with Crippen LogP contribution in [0.4, 0.5) is 0 Å². The van der Waals surface area contributed by atoms with Crippen LogP contribution in [0.5, 0.6) is 0 Å². The molecule has 1 aromatic rings. The molecule has 4 heteroatoms. The summed E-state index contributed by atoms with van der Waals surface area (Å²) in [6, 6.07) is 6.07. The van der Waals surface area contributed by atoms with Crippen molar-refractivity contribution in [2.75, 3.05) is 24.6 Å². The van der Waals surface area contributed by atoms with Gasteiger partial charge in [0, 0.05) is 48.1 Å². The number of thioether (sulfide) groups is 1. The Kier molecular flexibility index (Phi) is 4.63. The molecule has 2 aliphatic rings. The van der Waals surface area contributed by atoms with E-state index in [1.54, 1.807) is 0 Å². The van der Waals surface area contributed by atoms with Crippen molar-refractivity contribution in [1.82, 2.24) is 10.2 Å². The fourth-order valence-electron chi connectivity index (χ4n) is 2.56. The first kappa shape index (κ1) is 13.0. The van der Waals surface area contributed by atoms with Crippen LogP contribution in [0, 0.1) is 0 Å². The van der Waals surface area contributed by atoms with E-state index in [-0.39, 0.29) is 0 Å². The molecule has 3 rings (SSSR count). The van der Waals surface area contributed by atoms with E-state index in [2.05, 4.69) is 39.5 Å². The van der Waals surface area contributed by atoms with E-state index in [1.807, 2.05) is 11.3 Å². The number of nitrogens with one attached hydrogen (secondary N) is 1. The first-order valence-electron chi connectivity index (χ1n) is 6.99. The topological polar surface area (TPSA) is 15.3 Å². The average Bonchev–Trinajstić information content (AvgIpc) is 3.13. The van der Waals surface area contributed by atoms with Gasteiger partial charge in [0.1, 0.15) is 0 Å². The van der Waals surface area contributed by atoms with Gasteiger partial charge >= 0.3 is 0 Å². The molecule has 2 nitrogen and oxygen atoms in total. The molecular formula is C14H22N2S2. The highest BCUT2D eigenvalue weighted by Crippen LogP contribution is 2.29. The third-order valence-electron chi connectivity index (χ3n) is 3.77. The largest absolute Gasteiger partial charge is 0.312 e. The molecule has 1 saturated heterocycles. The van der Waals surface area contributed by atoms with E-state index in [9.17, 15) is 0 Å². The maximum Gasteiger partial charge on any atom is 0.0330 e. The standard InChI is InChI=1S/C14H22N2S2/c1-2-14(18-8-1)10-16(13-3-4-13)7-5-12-11-17-9-6-15-12/h1-2,8,12-13,15H,3-7,9-11H2. The summed E-state index contributed by atoms with van der Waals surface area (Å²) in [6.45, 7) is 3.63. The van der Waals surface area contributed by atoms with Crippen LogP contribution in [0.2, 0.25) is 0 Å². The zero-order chi connectivity index (χ0) is 12.2. The lowest BCUT2D eigenvalue weighted by molar-refractivity contribution is 0.243. The predicted octanol–water partition coefficient (Wildman–Crippen LogP) is 2.81. The number of hydrogen-bond acceptors (Lipinski definition) is 4. The highest BCUT2D eigenvalue weighted by molar-refractivity contribution is 7.99. The number of nitrogens with zero attached hydrogens (tertiary/aromatic N) is 1. The third kappa shape index (κ3) is 3.73. The first-order chi connectivity index (χ1) is 8.92. The molecular weight excluding hydrogens is 260 g/mol. The van der Waals surface area contributed by atoms with Crippen LogP contribution in [0.1, 0.15) is 24.1 Å². The lowest BCUT2D eigenvalue weighted by Gasteiger charge is -2.27. The molecule has 0 spiro atoms. The van der Waals surface area contributed by atoms with E-state index < -0.39 is 0 Å². The van der Waals surface area contributed by atoms with Gasteiger partial charge in [-0.15, -0.1) is 11.3 Å². The maximum atomic E-state index is 3.65. The molecule has 1 aliphatic carbocycles. The van der Waals surface area contributed by atoms with Gasteiger partial charge in [-0.3, -0.25) is 4.90 Å². The molecule has 0 radical (unpaired) electrons. The SMILES string of the molecule is c1csc(CN(CCC2CSCCN2)C2CC2)c1. The molecule has 1 saturated carbocycles. The van der Waals surface area contributed by atoms with E-state index in [0.29, 0.717) is 0 Å². The molecule has 0 aromatic carbocycles. The van der Waals surface area contributed by atoms with Crippen molar-refractivity contribution in [1.29, 1.82) is 0 Å². The Balaban J connectivity index is 1.47. The van der Waals surface area contributed by atoms with Gasteiger partial charge in [0.2, 0.25) is 0 Å². The van der Waals surface area contributed by atoms with E-state index in [1.165, 1.54) is 55.3 Å². The molecule has 1 unspecified atom stereocenters. The van der Waals surface area contributed by atoms with Gasteiger partial charge in [0.25, 0.3) is 0 Å². The van der Waals surface area contributed by atoms with Crippen LogP contribution < -0.4 is 5.32 Å². The summed E-state index contributed by atoms with van der Waals surface area (Å²) in [4.78, 5) is 4.22. The Morgan fingerprint density at radius 2 is 2.33 bits per heavy atom. The molecule has 1 N–H and O–H groups in total. The molecule has 100 valence electrons. The number of rotatable bonds is 6. The van der Waals surface area contributed by atoms with Crippen molar-refractivity contribution in [3.8, 4) is 0 Å². The minimum absolute atomic E-state index is 0.744. The van der Waals surface area contributed by atoms with E-state index in [0.717, 1.165) is 12.1 Å². The molecule has 0 bridgehead atoms. The average molecular weight is 282 g/mol. The quantitative estimate of drug-likeness (QED) is 0.864. The van der Waals surface area contributed by atoms with Crippen molar-refractivity contribution < 1.29 is 0 Å². The summed E-state index contributed by atoms with van der Waals surface area (Å²) in [5, 5.41) is 5.84. The van der Waals surface area contributed by atoms with Crippen molar-refractivity contribution in [3.63, 3.8) is 0 Å². The van der Waals surface area contributed by atoms with Gasteiger partial charge in [-0.25, -0.2) is 0 Å². The van der Waals surface area contributed by atoms with Gasteiger partial charge in [-0.05, 0) is 30.7 Å². The minimum Gasteiger partial charge on any atom is -0.312 e. The first-order valence-corrected chi connectivity index (χ1v) is 9.03. The normalized spacial score (nSPS) is 24.6. The Morgan fingerprint density at radius 1 is 1.39 bits per heavy atom. The second-order valence-electron chi connectivity index (χ2n) is 5.30. The monoisotopic (exact) mass is 282 g/mol. The fourth-order valence-corrected chi connectivity index (χ4v) is 4.29. The summed E-state index contributed by atoms with van der Waals surface area (Å²) in [6.07, 6.45) is 4.14. The second-order valence-corrected chi connectivity index (χ2v) is 7.48. The number of thiophene rings is 1. The van der Waals surface area contributed by atoms with Crippen LogP contribution >= 0.6 is 23.1 Å². The molecule has 1 atom stereocenters. The molecule has 18 heavy (non-hydrogen) atoms. The lowest BCUT2D eigenvalue weighted by Crippen LogP contribution is -2.40. The zero-order valence-corrected chi connectivity index (χ0v) is 12.4. The van der Waals surface area contributed by atoms with Crippen LogP contribution in [-0.4, -0.2) is 41.6 Å². The summed E-state index contributed by atoms with van der Waals surface area (Å²) in [5.74, 6) is 2.59. The van der Waals surface area contributed by atoms with Crippen molar-refractivity contribution >= 4 is 23.1 Å². The minimum atomic E-state index is 0.744. The van der Waals surface area contributed by atoms with Crippen LogP contribution in [-0.2, 0) is 6.54 Å². The Hall–Kier alpha value is -0.0300. The van der Waals surface area contributed by atoms with Gasteiger partial charge in [0.05, 0.1) is 0 Å². The molecule has 0 amide bonds. The molecule has 1 aliphatic heterocycles. The maximum absolute atomic E-state index is 3.65. The molecule has 1 aromatic heterocycles. The van der Waals surface area contributed by atoms with E-state index in [4.69, 9.17) is 0 Å². The van der Waals surface area contributed by atoms with Crippen LogP contribution in [0.15, 0.2) is 17.5 Å². The Bertz CT molecular complexity index is 343. The molecule has 2 heterocycles. The van der Waals surface area contributed by atoms with Crippen LogP contribution in [0.3, 0.4) is 0 Å². The predicted molar refractivity (Wildman–Crippen MR) is 81.5 cm³/mol. The number of hydrogen-bond donors (Lipinski definition) is 1. The van der Waals surface area contributed by atoms with Crippen molar-refractivity contribution in [3.05, 3.63) is 22.4 Å². The fraction of sp³-hybridized carbons (Fsp3) is 0.714. The zero-order valence-electron chi connectivity index (χ0n) is 10.8. The van der Waals surface area contributed by atoms with Crippen molar-refractivity contribution in [2.45, 2.75) is 37.9 Å². The van der Waals surface area contributed by atoms with Gasteiger partial charge in [-0.2, -0.15) is 11.8 Å². The smallest absolute Gasteiger partial charge is 0.0330 e. The highest BCUT2D eigenvalue weighted by Gasteiger charge is 2.29. The second kappa shape index (κ2) is 6.42. The third-order valence-corrected chi connectivity index (χ3v) is 5.76. The Morgan fingerprint density at radius 3 is 3.00 bits per heavy atom. The van der Waals surface area contributed by atoms with Crippen LogP contribution in [0.25, 0.3) is 0 Å². The van der Waals surface area contributed by atoms with Gasteiger partial charge in [0.15, 0.2) is 0 Å². The van der Waals surface area contributed by atoms with Crippen molar-refractivity contribution in [2.24, 2.45) is 0 Å². The summed E-state index contributed by atoms with van der Waals surface area (Å²) >= 11 is 4.00. The molecule has 2 fully saturated rings. The highest BCUT2D eigenvalue weighted by atomic mass is 32.2. The Labute approximate surface area is 118 Å². The van der Waals surface area contributed by atoms with Gasteiger partial charge in [-0.1, -0.05) is 6.07 Å². The summed E-state index contributed by atoms with van der Waals surface area (Å²) in [5.41, 5.74) is 0. The lowest BCUT2D eigenvalue weighted by atomic mass is 10.2.